The summed E-state index contributed by atoms with van der Waals surface area (Å²) < 4.78 is 5.25. The van der Waals surface area contributed by atoms with Crippen LogP contribution >= 0.6 is 0 Å². The van der Waals surface area contributed by atoms with Crippen LogP contribution in [0.4, 0.5) is 0 Å². The zero-order valence-electron chi connectivity index (χ0n) is 18.6. The first kappa shape index (κ1) is 21.7. The van der Waals surface area contributed by atoms with Gasteiger partial charge in [-0.05, 0) is 44.2 Å². The molecule has 1 amide bonds. The summed E-state index contributed by atoms with van der Waals surface area (Å²) in [6.07, 6.45) is 2.86. The molecule has 0 spiro atoms. The van der Waals surface area contributed by atoms with Crippen LogP contribution in [0.3, 0.4) is 0 Å². The predicted molar refractivity (Wildman–Crippen MR) is 116 cm³/mol. The smallest absolute Gasteiger partial charge is 0.289 e. The summed E-state index contributed by atoms with van der Waals surface area (Å²) in [6, 6.07) is 3.47. The van der Waals surface area contributed by atoms with Gasteiger partial charge in [0.1, 0.15) is 0 Å². The molecule has 29 heavy (non-hydrogen) atoms. The second-order valence-electron chi connectivity index (χ2n) is 9.32. The summed E-state index contributed by atoms with van der Waals surface area (Å²) >= 11 is 0. The minimum absolute atomic E-state index is 0.0351. The molecular weight excluding hydrogens is 366 g/mol. The van der Waals surface area contributed by atoms with Crippen LogP contribution in [0.15, 0.2) is 27.8 Å². The summed E-state index contributed by atoms with van der Waals surface area (Å²) in [6.45, 7) is 15.4. The summed E-state index contributed by atoms with van der Waals surface area (Å²) in [5.41, 5.74) is 0.0654. The number of piperazine rings is 1. The van der Waals surface area contributed by atoms with E-state index in [2.05, 4.69) is 47.8 Å². The number of carbonyl (C=O) groups is 1. The number of guanidine groups is 1. The number of likely N-dealkylation sites (tertiary alicyclic amines) is 1. The van der Waals surface area contributed by atoms with E-state index in [1.165, 1.54) is 6.42 Å². The molecular formula is C22H37N5O2. The van der Waals surface area contributed by atoms with Crippen molar-refractivity contribution in [2.45, 2.75) is 39.7 Å². The lowest BCUT2D eigenvalue weighted by molar-refractivity contribution is 0.0476. The summed E-state index contributed by atoms with van der Waals surface area (Å²) in [7, 11) is 1.83. The van der Waals surface area contributed by atoms with E-state index in [1.54, 1.807) is 18.4 Å². The Bertz CT molecular complexity index is 682. The lowest BCUT2D eigenvalue weighted by Crippen LogP contribution is -2.59. The third-order valence-corrected chi connectivity index (χ3v) is 6.21. The van der Waals surface area contributed by atoms with Crippen LogP contribution in [-0.2, 0) is 0 Å². The number of piperidine rings is 1. The van der Waals surface area contributed by atoms with Crippen LogP contribution in [0.5, 0.6) is 0 Å². The van der Waals surface area contributed by atoms with Gasteiger partial charge in [0.15, 0.2) is 11.7 Å². The van der Waals surface area contributed by atoms with Crippen LogP contribution in [-0.4, -0.2) is 85.0 Å². The summed E-state index contributed by atoms with van der Waals surface area (Å²) in [5, 5.41) is 3.59. The SMILES string of the molecule is CN=C(NCC(C)(C)N1CC(C)CC(C)C1)N1CCN(C(=O)c2ccco2)CC1. The van der Waals surface area contributed by atoms with Crippen molar-refractivity contribution in [1.29, 1.82) is 0 Å². The van der Waals surface area contributed by atoms with Gasteiger partial charge in [-0.15, -0.1) is 0 Å². The number of aliphatic imine (C=N–C) groups is 1. The van der Waals surface area contributed by atoms with Gasteiger partial charge in [-0.2, -0.15) is 0 Å². The van der Waals surface area contributed by atoms with Gasteiger partial charge in [-0.1, -0.05) is 13.8 Å². The molecule has 7 heteroatoms. The standard InChI is InChI=1S/C22H37N5O2/c1-17-13-18(2)15-27(14-17)22(3,4)16-24-21(23-5)26-10-8-25(9-11-26)20(28)19-7-6-12-29-19/h6-7,12,17-18H,8-11,13-16H2,1-5H3,(H,23,24). The summed E-state index contributed by atoms with van der Waals surface area (Å²) in [4.78, 5) is 23.7. The minimum Gasteiger partial charge on any atom is -0.459 e. The van der Waals surface area contributed by atoms with E-state index in [-0.39, 0.29) is 11.4 Å². The number of rotatable bonds is 4. The van der Waals surface area contributed by atoms with Gasteiger partial charge < -0.3 is 19.5 Å². The third kappa shape index (κ3) is 5.32. The molecule has 162 valence electrons. The highest BCUT2D eigenvalue weighted by molar-refractivity contribution is 5.91. The molecule has 2 aliphatic heterocycles. The molecule has 1 N–H and O–H groups in total. The maximum atomic E-state index is 12.5. The van der Waals surface area contributed by atoms with Gasteiger partial charge >= 0.3 is 0 Å². The predicted octanol–water partition coefficient (Wildman–Crippen LogP) is 2.37. The fraction of sp³-hybridized carbons (Fsp3) is 0.727. The monoisotopic (exact) mass is 403 g/mol. The molecule has 2 atom stereocenters. The number of nitrogens with one attached hydrogen (secondary N) is 1. The number of amides is 1. The van der Waals surface area contributed by atoms with Crippen molar-refractivity contribution in [1.82, 2.24) is 20.0 Å². The largest absolute Gasteiger partial charge is 0.459 e. The van der Waals surface area contributed by atoms with E-state index >= 15 is 0 Å². The molecule has 2 unspecified atom stereocenters. The molecule has 2 aliphatic rings. The Hall–Kier alpha value is -2.02. The molecule has 0 aromatic carbocycles. The van der Waals surface area contributed by atoms with Crippen LogP contribution in [0.2, 0.25) is 0 Å². The molecule has 0 bridgehead atoms. The first-order valence-corrected chi connectivity index (χ1v) is 10.8. The van der Waals surface area contributed by atoms with Gasteiger partial charge in [-0.3, -0.25) is 14.7 Å². The lowest BCUT2D eigenvalue weighted by atomic mass is 9.88. The Morgan fingerprint density at radius 3 is 2.34 bits per heavy atom. The van der Waals surface area contributed by atoms with Gasteiger partial charge in [0, 0.05) is 58.4 Å². The van der Waals surface area contributed by atoms with Gasteiger partial charge in [-0.25, -0.2) is 0 Å². The zero-order valence-corrected chi connectivity index (χ0v) is 18.6. The van der Waals surface area contributed by atoms with E-state index < -0.39 is 0 Å². The van der Waals surface area contributed by atoms with Crippen LogP contribution in [0.25, 0.3) is 0 Å². The molecule has 2 fully saturated rings. The van der Waals surface area contributed by atoms with Gasteiger partial charge in [0.05, 0.1) is 6.26 Å². The van der Waals surface area contributed by atoms with Gasteiger partial charge in [0.2, 0.25) is 0 Å². The average molecular weight is 404 g/mol. The first-order valence-electron chi connectivity index (χ1n) is 10.8. The Balaban J connectivity index is 1.51. The zero-order chi connectivity index (χ0) is 21.0. The van der Waals surface area contributed by atoms with Crippen molar-refractivity contribution >= 4 is 11.9 Å². The lowest BCUT2D eigenvalue weighted by Gasteiger charge is -2.46. The molecule has 0 saturated carbocycles. The first-order chi connectivity index (χ1) is 13.8. The third-order valence-electron chi connectivity index (χ3n) is 6.21. The molecule has 7 nitrogen and oxygen atoms in total. The van der Waals surface area contributed by atoms with Crippen LogP contribution in [0, 0.1) is 11.8 Å². The maximum absolute atomic E-state index is 12.5. The normalized spacial score (nSPS) is 24.7. The Kier molecular flexibility index (Phi) is 6.88. The van der Waals surface area contributed by atoms with E-state index in [9.17, 15) is 4.79 Å². The van der Waals surface area contributed by atoms with E-state index in [0.717, 1.165) is 50.5 Å². The molecule has 1 aromatic rings. The number of carbonyl (C=O) groups excluding carboxylic acids is 1. The second-order valence-corrected chi connectivity index (χ2v) is 9.32. The molecule has 3 heterocycles. The van der Waals surface area contributed by atoms with Crippen molar-refractivity contribution in [2.24, 2.45) is 16.8 Å². The highest BCUT2D eigenvalue weighted by Gasteiger charge is 2.33. The number of hydrogen-bond donors (Lipinski definition) is 1. The molecule has 2 saturated heterocycles. The average Bonchev–Trinajstić information content (AvgIpc) is 3.22. The number of furan rings is 1. The number of nitrogens with zero attached hydrogens (tertiary/aromatic N) is 4. The summed E-state index contributed by atoms with van der Waals surface area (Å²) in [5.74, 6) is 2.79. The van der Waals surface area contributed by atoms with Crippen LogP contribution < -0.4 is 5.32 Å². The van der Waals surface area contributed by atoms with Crippen molar-refractivity contribution in [3.05, 3.63) is 24.2 Å². The fourth-order valence-electron chi connectivity index (χ4n) is 4.57. The Morgan fingerprint density at radius 2 is 1.79 bits per heavy atom. The Morgan fingerprint density at radius 1 is 1.17 bits per heavy atom. The maximum Gasteiger partial charge on any atom is 0.289 e. The molecule has 0 radical (unpaired) electrons. The van der Waals surface area contributed by atoms with Crippen LogP contribution in [0.1, 0.15) is 44.7 Å². The molecule has 1 aromatic heterocycles. The molecule has 0 aliphatic carbocycles. The fourth-order valence-corrected chi connectivity index (χ4v) is 4.57. The molecule has 3 rings (SSSR count). The highest BCUT2D eigenvalue weighted by Crippen LogP contribution is 2.26. The minimum atomic E-state index is -0.0351. The van der Waals surface area contributed by atoms with Crippen molar-refractivity contribution in [2.75, 3.05) is 52.9 Å². The van der Waals surface area contributed by atoms with Crippen molar-refractivity contribution in [3.63, 3.8) is 0 Å². The Labute approximate surface area is 175 Å². The van der Waals surface area contributed by atoms with E-state index in [0.29, 0.717) is 18.8 Å². The van der Waals surface area contributed by atoms with Crippen molar-refractivity contribution < 1.29 is 9.21 Å². The van der Waals surface area contributed by atoms with Crippen molar-refractivity contribution in [3.8, 4) is 0 Å². The highest BCUT2D eigenvalue weighted by atomic mass is 16.3. The number of hydrogen-bond acceptors (Lipinski definition) is 4. The second kappa shape index (κ2) is 9.20. The van der Waals surface area contributed by atoms with E-state index in [1.807, 2.05) is 11.9 Å². The van der Waals surface area contributed by atoms with E-state index in [4.69, 9.17) is 4.42 Å². The van der Waals surface area contributed by atoms with Gasteiger partial charge in [0.25, 0.3) is 5.91 Å². The topological polar surface area (TPSA) is 64.3 Å². The quantitative estimate of drug-likeness (QED) is 0.618.